The summed E-state index contributed by atoms with van der Waals surface area (Å²) in [7, 11) is -1.87. The first-order valence-corrected chi connectivity index (χ1v) is 14.9. The van der Waals surface area contributed by atoms with E-state index < -0.39 is 8.07 Å². The Labute approximate surface area is 203 Å². The lowest BCUT2D eigenvalue weighted by molar-refractivity contribution is -0.582. The van der Waals surface area contributed by atoms with Crippen LogP contribution in [0.3, 0.4) is 0 Å². The molecule has 3 nitrogen and oxygen atoms in total. The summed E-state index contributed by atoms with van der Waals surface area (Å²) in [6.45, 7) is 9.84. The van der Waals surface area contributed by atoms with Gasteiger partial charge in [-0.25, -0.2) is 4.58 Å². The van der Waals surface area contributed by atoms with Gasteiger partial charge in [0.25, 0.3) is 0 Å². The first kappa shape index (κ1) is 22.4. The number of nitrogens with zero attached hydrogens (tertiary/aromatic N) is 2. The zero-order valence-electron chi connectivity index (χ0n) is 19.4. The van der Waals surface area contributed by atoms with E-state index in [2.05, 4.69) is 83.3 Å². The predicted octanol–water partition coefficient (Wildman–Crippen LogP) is 1.02. The van der Waals surface area contributed by atoms with Crippen LogP contribution in [0.15, 0.2) is 71.5 Å². The molecule has 170 valence electrons. The van der Waals surface area contributed by atoms with E-state index in [4.69, 9.17) is 0 Å². The minimum absolute atomic E-state index is 0. The molecule has 0 unspecified atom stereocenters. The highest BCUT2D eigenvalue weighted by atomic mass is 35.5. The summed E-state index contributed by atoms with van der Waals surface area (Å²) < 4.78 is 2.51. The molecule has 0 saturated carbocycles. The first-order valence-electron chi connectivity index (χ1n) is 11.9. The van der Waals surface area contributed by atoms with Crippen molar-refractivity contribution < 1.29 is 22.1 Å². The lowest BCUT2D eigenvalue weighted by Crippen LogP contribution is -3.00. The summed E-state index contributed by atoms with van der Waals surface area (Å²) in [6, 6.07) is 15.7. The summed E-state index contributed by atoms with van der Waals surface area (Å²) in [6.07, 6.45) is 9.80. The number of allylic oxidation sites excluding steroid dienone is 5. The van der Waals surface area contributed by atoms with E-state index in [9.17, 15) is 5.11 Å². The third kappa shape index (κ3) is 3.56. The normalized spacial score (nSPS) is 20.3. The second kappa shape index (κ2) is 8.43. The number of hydrogen-bond donors (Lipinski definition) is 1. The molecule has 0 atom stereocenters. The van der Waals surface area contributed by atoms with E-state index in [1.165, 1.54) is 72.7 Å². The monoisotopic (exact) mass is 474 g/mol. The van der Waals surface area contributed by atoms with Gasteiger partial charge in [-0.15, -0.1) is 0 Å². The Hall–Kier alpha value is -2.40. The molecule has 0 bridgehead atoms. The third-order valence-corrected chi connectivity index (χ3v) is 11.3. The van der Waals surface area contributed by atoms with Crippen LogP contribution in [0.1, 0.15) is 29.5 Å². The molecule has 0 amide bonds. The number of benzene rings is 2. The van der Waals surface area contributed by atoms with E-state index in [-0.39, 0.29) is 19.0 Å². The molecule has 1 aliphatic carbocycles. The van der Waals surface area contributed by atoms with Gasteiger partial charge in [0.1, 0.15) is 21.2 Å². The van der Waals surface area contributed by atoms with Crippen molar-refractivity contribution in [3.05, 3.63) is 88.2 Å². The van der Waals surface area contributed by atoms with Crippen molar-refractivity contribution in [1.29, 1.82) is 0 Å². The largest absolute Gasteiger partial charge is 1.00 e. The molecule has 2 fully saturated rings. The van der Waals surface area contributed by atoms with Gasteiger partial charge in [0.15, 0.2) is 5.71 Å². The van der Waals surface area contributed by atoms with Crippen LogP contribution >= 0.6 is 0 Å². The van der Waals surface area contributed by atoms with E-state index >= 15 is 0 Å². The Balaban J connectivity index is 0.00000228. The van der Waals surface area contributed by atoms with Gasteiger partial charge in [-0.1, -0.05) is 43.4 Å². The van der Waals surface area contributed by atoms with Crippen LogP contribution in [0.5, 0.6) is 0 Å². The minimum Gasteiger partial charge on any atom is -1.00 e. The van der Waals surface area contributed by atoms with E-state index in [1.54, 1.807) is 10.4 Å². The van der Waals surface area contributed by atoms with E-state index in [0.29, 0.717) is 0 Å². The zero-order valence-corrected chi connectivity index (χ0v) is 21.2. The smallest absolute Gasteiger partial charge is 0.199 e. The molecule has 2 aromatic rings. The number of halogens is 1. The average Bonchev–Trinajstić information content (AvgIpc) is 2.73. The second-order valence-electron chi connectivity index (χ2n) is 10.00. The van der Waals surface area contributed by atoms with Crippen molar-refractivity contribution >= 4 is 30.2 Å². The molecule has 2 aromatic carbocycles. The first-order chi connectivity index (χ1) is 15.6. The highest BCUT2D eigenvalue weighted by Gasteiger charge is 2.41. The second-order valence-corrected chi connectivity index (χ2v) is 14.3. The molecular formula is C28H31ClN2OSi. The van der Waals surface area contributed by atoms with E-state index in [1.807, 2.05) is 0 Å². The van der Waals surface area contributed by atoms with Crippen LogP contribution in [0.2, 0.25) is 13.1 Å². The van der Waals surface area contributed by atoms with Crippen LogP contribution in [-0.2, 0) is 6.61 Å². The van der Waals surface area contributed by atoms with Gasteiger partial charge in [-0.3, -0.25) is 0 Å². The maximum absolute atomic E-state index is 9.54. The van der Waals surface area contributed by atoms with Crippen LogP contribution in [0.25, 0.3) is 5.57 Å². The predicted molar refractivity (Wildman–Crippen MR) is 136 cm³/mol. The molecule has 3 heterocycles. The van der Waals surface area contributed by atoms with Gasteiger partial charge in [0.05, 0.1) is 13.0 Å². The summed E-state index contributed by atoms with van der Waals surface area (Å²) in [5, 5.41) is 12.6. The number of hydrogen-bond acceptors (Lipinski definition) is 2. The highest BCUT2D eigenvalue weighted by molar-refractivity contribution is 6.98. The zero-order chi connectivity index (χ0) is 21.9. The Morgan fingerprint density at radius 1 is 0.970 bits per heavy atom. The average molecular weight is 475 g/mol. The summed E-state index contributed by atoms with van der Waals surface area (Å²) >= 11 is 0. The van der Waals surface area contributed by atoms with Gasteiger partial charge in [-0.05, 0) is 62.8 Å². The number of rotatable bonds is 3. The highest BCUT2D eigenvalue weighted by Crippen LogP contribution is 2.42. The SMILES string of the molecule is C[Si]1(C)C2=CC(=[N+]3CCC3)C=CC2=C(c2ccc(CO)cc2)c2ccc(N3CCC3)cc21.[Cl-]. The van der Waals surface area contributed by atoms with E-state index in [0.717, 1.165) is 5.56 Å². The molecular weight excluding hydrogens is 444 g/mol. The number of aliphatic hydroxyl groups is 1. The molecule has 2 saturated heterocycles. The molecule has 3 aliphatic heterocycles. The summed E-state index contributed by atoms with van der Waals surface area (Å²) in [4.78, 5) is 2.51. The quantitative estimate of drug-likeness (QED) is 0.531. The summed E-state index contributed by atoms with van der Waals surface area (Å²) in [5.41, 5.74) is 9.10. The van der Waals surface area contributed by atoms with Crippen molar-refractivity contribution in [3.63, 3.8) is 0 Å². The van der Waals surface area contributed by atoms with Crippen molar-refractivity contribution in [3.8, 4) is 0 Å². The fourth-order valence-electron chi connectivity index (χ4n) is 5.45. The van der Waals surface area contributed by atoms with Crippen molar-refractivity contribution in [2.24, 2.45) is 0 Å². The van der Waals surface area contributed by atoms with Crippen LogP contribution < -0.4 is 22.5 Å². The topological polar surface area (TPSA) is 26.5 Å². The Kier molecular flexibility index (Phi) is 5.72. The Morgan fingerprint density at radius 3 is 2.33 bits per heavy atom. The third-order valence-electron chi connectivity index (χ3n) is 7.76. The maximum atomic E-state index is 9.54. The Bertz CT molecular complexity index is 1230. The summed E-state index contributed by atoms with van der Waals surface area (Å²) in [5.74, 6) is 0. The van der Waals surface area contributed by atoms with Crippen molar-refractivity contribution in [1.82, 2.24) is 0 Å². The van der Waals surface area contributed by atoms with Gasteiger partial charge in [0, 0.05) is 30.9 Å². The molecule has 6 rings (SSSR count). The van der Waals surface area contributed by atoms with Gasteiger partial charge in [-0.2, -0.15) is 0 Å². The lowest BCUT2D eigenvalue weighted by atomic mass is 9.89. The van der Waals surface area contributed by atoms with Gasteiger partial charge >= 0.3 is 0 Å². The van der Waals surface area contributed by atoms with Crippen molar-refractivity contribution in [2.45, 2.75) is 32.5 Å². The molecule has 33 heavy (non-hydrogen) atoms. The maximum Gasteiger partial charge on any atom is 0.199 e. The number of anilines is 1. The molecule has 0 spiro atoms. The molecule has 0 aromatic heterocycles. The standard InChI is InChI=1S/C28H31N2OSi.ClH/c1-32(2)26-17-22(29-13-3-14-29)9-11-24(26)28(21-7-5-20(19-31)6-8-21)25-12-10-23(18-27(25)32)30-15-4-16-30;/h5-12,17-18,31H,3-4,13-16,19H2,1-2H3;1H/q+1;/p-1. The fraction of sp³-hybridized carbons (Fsp3) is 0.321. The fourth-order valence-corrected chi connectivity index (χ4v) is 8.53. The Morgan fingerprint density at radius 2 is 1.73 bits per heavy atom. The van der Waals surface area contributed by atoms with Crippen LogP contribution in [0, 0.1) is 0 Å². The van der Waals surface area contributed by atoms with Gasteiger partial charge in [0.2, 0.25) is 0 Å². The van der Waals surface area contributed by atoms with Gasteiger partial charge < -0.3 is 22.4 Å². The number of fused-ring (bicyclic) bond motifs is 2. The molecule has 1 N–H and O–H groups in total. The minimum atomic E-state index is -1.87. The van der Waals surface area contributed by atoms with Crippen LogP contribution in [-0.4, -0.2) is 49.6 Å². The molecule has 5 heteroatoms. The van der Waals surface area contributed by atoms with Crippen molar-refractivity contribution in [2.75, 3.05) is 31.1 Å². The molecule has 4 aliphatic rings. The van der Waals surface area contributed by atoms with Crippen LogP contribution in [0.4, 0.5) is 5.69 Å². The number of aliphatic hydroxyl groups excluding tert-OH is 1. The molecule has 0 radical (unpaired) electrons. The lowest BCUT2D eigenvalue weighted by Gasteiger charge is -2.40.